The van der Waals surface area contributed by atoms with Gasteiger partial charge in [0.05, 0.1) is 12.2 Å². The maximum absolute atomic E-state index is 10.3. The molecule has 1 aromatic heterocycles. The topological polar surface area (TPSA) is 66.9 Å². The fraction of sp³-hybridized carbons (Fsp3) is 0.381. The average Bonchev–Trinajstić information content (AvgIpc) is 3.12. The molecule has 0 aliphatic carbocycles. The lowest BCUT2D eigenvalue weighted by atomic mass is 9.89. The predicted octanol–water partition coefficient (Wildman–Crippen LogP) is 3.05. The molecule has 0 radical (unpaired) electrons. The van der Waals surface area contributed by atoms with Crippen molar-refractivity contribution in [2.75, 3.05) is 13.7 Å². The van der Waals surface area contributed by atoms with Crippen molar-refractivity contribution in [2.45, 2.75) is 39.5 Å². The molecule has 2 aliphatic rings. The van der Waals surface area contributed by atoms with Crippen LogP contribution in [-0.2, 0) is 6.42 Å². The largest absolute Gasteiger partial charge is 0.493 e. The van der Waals surface area contributed by atoms with E-state index in [0.29, 0.717) is 12.5 Å². The summed E-state index contributed by atoms with van der Waals surface area (Å²) in [4.78, 5) is 4.37. The molecule has 2 unspecified atom stereocenters. The van der Waals surface area contributed by atoms with E-state index in [1.54, 1.807) is 6.20 Å². The number of aromatic nitrogens is 1. The van der Waals surface area contributed by atoms with Gasteiger partial charge in [0.2, 0.25) is 5.88 Å². The molecule has 1 aromatic carbocycles. The quantitative estimate of drug-likeness (QED) is 0.869. The van der Waals surface area contributed by atoms with Crippen LogP contribution in [0.5, 0.6) is 17.4 Å². The molecule has 3 heterocycles. The van der Waals surface area contributed by atoms with Gasteiger partial charge in [0.1, 0.15) is 17.7 Å². The zero-order chi connectivity index (χ0) is 19.1. The summed E-state index contributed by atoms with van der Waals surface area (Å²) < 4.78 is 11.6. The van der Waals surface area contributed by atoms with Gasteiger partial charge in [-0.15, -0.1) is 0 Å². The first-order valence-electron chi connectivity index (χ1n) is 9.23. The number of fused-ring (bicyclic) bond motifs is 1. The molecule has 0 spiro atoms. The number of pyridine rings is 1. The minimum Gasteiger partial charge on any atom is -0.493 e. The monoisotopic (exact) mass is 367 g/mol. The smallest absolute Gasteiger partial charge is 0.226 e. The fourth-order valence-electron chi connectivity index (χ4n) is 3.80. The highest BCUT2D eigenvalue weighted by molar-refractivity contribution is 5.75. The van der Waals surface area contributed by atoms with Crippen LogP contribution in [0.25, 0.3) is 5.57 Å². The maximum atomic E-state index is 10.3. The van der Waals surface area contributed by atoms with E-state index in [1.807, 2.05) is 37.2 Å². The van der Waals surface area contributed by atoms with Gasteiger partial charge in [-0.25, -0.2) is 15.4 Å². The number of nitrogens with one attached hydrogen (secondary N) is 1. The number of likely N-dealkylation sites (N-methyl/N-ethyl adjacent to an activating group) is 1. The number of benzene rings is 1. The van der Waals surface area contributed by atoms with Gasteiger partial charge in [0.15, 0.2) is 0 Å². The van der Waals surface area contributed by atoms with Crippen molar-refractivity contribution in [3.8, 4) is 17.4 Å². The summed E-state index contributed by atoms with van der Waals surface area (Å²) in [6, 6.07) is 8.06. The lowest BCUT2D eigenvalue weighted by Crippen LogP contribution is -2.52. The van der Waals surface area contributed by atoms with Crippen LogP contribution in [0.2, 0.25) is 0 Å². The molecule has 0 saturated carbocycles. The van der Waals surface area contributed by atoms with Gasteiger partial charge in [-0.2, -0.15) is 0 Å². The number of aryl methyl sites for hydroxylation is 1. The minimum absolute atomic E-state index is 0.148. The number of aliphatic hydroxyl groups is 1. The standard InChI is InChI=1S/C21H25N3O3/c1-12-11-15(27-21-17-8-10-26-18(17)7-9-22-21)5-6-16(12)19-13(2)20(25)23-24(4)14(19)3/h5-7,9,11,14,20,23,25H,8,10H2,1-4H3. The number of ether oxygens (including phenoxy) is 2. The lowest BCUT2D eigenvalue weighted by Gasteiger charge is -2.37. The molecule has 27 heavy (non-hydrogen) atoms. The number of aliphatic hydroxyl groups excluding tert-OH is 1. The van der Waals surface area contributed by atoms with Crippen LogP contribution in [0.3, 0.4) is 0 Å². The summed E-state index contributed by atoms with van der Waals surface area (Å²) in [5.74, 6) is 2.21. The van der Waals surface area contributed by atoms with Gasteiger partial charge >= 0.3 is 0 Å². The van der Waals surface area contributed by atoms with Crippen molar-refractivity contribution in [1.82, 2.24) is 15.4 Å². The average molecular weight is 367 g/mol. The van der Waals surface area contributed by atoms with E-state index < -0.39 is 6.23 Å². The molecule has 6 nitrogen and oxygen atoms in total. The number of hydrogen-bond acceptors (Lipinski definition) is 6. The Labute approximate surface area is 159 Å². The Morgan fingerprint density at radius 2 is 2.11 bits per heavy atom. The number of nitrogens with zero attached hydrogens (tertiary/aromatic N) is 2. The molecule has 2 aromatic rings. The molecule has 0 fully saturated rings. The van der Waals surface area contributed by atoms with Gasteiger partial charge in [-0.3, -0.25) is 0 Å². The first-order chi connectivity index (χ1) is 13.0. The van der Waals surface area contributed by atoms with E-state index in [2.05, 4.69) is 30.3 Å². The Morgan fingerprint density at radius 3 is 2.89 bits per heavy atom. The first-order valence-corrected chi connectivity index (χ1v) is 9.23. The van der Waals surface area contributed by atoms with Crippen LogP contribution in [0.4, 0.5) is 0 Å². The van der Waals surface area contributed by atoms with Gasteiger partial charge in [0, 0.05) is 25.7 Å². The van der Waals surface area contributed by atoms with Crippen molar-refractivity contribution in [3.63, 3.8) is 0 Å². The van der Waals surface area contributed by atoms with Crippen LogP contribution in [0.1, 0.15) is 30.5 Å². The van der Waals surface area contributed by atoms with Gasteiger partial charge in [-0.1, -0.05) is 6.07 Å². The number of hydrogen-bond donors (Lipinski definition) is 2. The molecular weight excluding hydrogens is 342 g/mol. The van der Waals surface area contributed by atoms with E-state index in [-0.39, 0.29) is 6.04 Å². The van der Waals surface area contributed by atoms with E-state index >= 15 is 0 Å². The predicted molar refractivity (Wildman–Crippen MR) is 104 cm³/mol. The second kappa shape index (κ2) is 6.96. The van der Waals surface area contributed by atoms with E-state index in [4.69, 9.17) is 9.47 Å². The zero-order valence-corrected chi connectivity index (χ0v) is 16.1. The van der Waals surface area contributed by atoms with E-state index in [9.17, 15) is 5.11 Å². The Bertz CT molecular complexity index is 910. The van der Waals surface area contributed by atoms with Crippen LogP contribution in [0, 0.1) is 6.92 Å². The van der Waals surface area contributed by atoms with Crippen LogP contribution >= 0.6 is 0 Å². The Balaban J connectivity index is 1.66. The Kier molecular flexibility index (Phi) is 4.63. The third kappa shape index (κ3) is 3.20. The second-order valence-corrected chi connectivity index (χ2v) is 7.19. The van der Waals surface area contributed by atoms with E-state index in [1.165, 1.54) is 0 Å². The van der Waals surface area contributed by atoms with Crippen LogP contribution < -0.4 is 14.9 Å². The summed E-state index contributed by atoms with van der Waals surface area (Å²) in [6.45, 7) is 6.83. The molecule has 0 saturated heterocycles. The summed E-state index contributed by atoms with van der Waals surface area (Å²) in [5, 5.41) is 12.2. The molecule has 4 rings (SSSR count). The summed E-state index contributed by atoms with van der Waals surface area (Å²) >= 11 is 0. The third-order valence-electron chi connectivity index (χ3n) is 5.45. The second-order valence-electron chi connectivity index (χ2n) is 7.19. The first kappa shape index (κ1) is 18.0. The molecule has 142 valence electrons. The zero-order valence-electron chi connectivity index (χ0n) is 16.1. The van der Waals surface area contributed by atoms with Crippen LogP contribution in [0.15, 0.2) is 36.0 Å². The van der Waals surface area contributed by atoms with Gasteiger partial charge in [-0.05, 0) is 61.2 Å². The van der Waals surface area contributed by atoms with Crippen LogP contribution in [-0.4, -0.2) is 41.0 Å². The van der Waals surface area contributed by atoms with Gasteiger partial charge < -0.3 is 14.6 Å². The highest BCUT2D eigenvalue weighted by atomic mass is 16.5. The van der Waals surface area contributed by atoms with Crippen molar-refractivity contribution in [3.05, 3.63) is 52.7 Å². The summed E-state index contributed by atoms with van der Waals surface area (Å²) in [5.41, 5.74) is 8.37. The molecule has 0 bridgehead atoms. The normalized spacial score (nSPS) is 22.6. The van der Waals surface area contributed by atoms with Crippen molar-refractivity contribution >= 4 is 5.57 Å². The van der Waals surface area contributed by atoms with Crippen molar-refractivity contribution < 1.29 is 14.6 Å². The number of hydrazine groups is 1. The minimum atomic E-state index is -0.673. The lowest BCUT2D eigenvalue weighted by molar-refractivity contribution is 0.0536. The van der Waals surface area contributed by atoms with Crippen molar-refractivity contribution in [1.29, 1.82) is 0 Å². The number of rotatable bonds is 3. The summed E-state index contributed by atoms with van der Waals surface area (Å²) in [7, 11) is 1.94. The molecule has 2 aliphatic heterocycles. The molecule has 2 atom stereocenters. The van der Waals surface area contributed by atoms with E-state index in [0.717, 1.165) is 45.8 Å². The van der Waals surface area contributed by atoms with Gasteiger partial charge in [0.25, 0.3) is 0 Å². The SMILES string of the molecule is CC1=C(c2ccc(Oc3nccc4c3CCO4)cc2C)C(C)N(C)NC1O. The Morgan fingerprint density at radius 1 is 1.30 bits per heavy atom. The summed E-state index contributed by atoms with van der Waals surface area (Å²) in [6.07, 6.45) is 1.85. The maximum Gasteiger partial charge on any atom is 0.226 e. The highest BCUT2D eigenvalue weighted by Gasteiger charge is 2.28. The molecule has 2 N–H and O–H groups in total. The third-order valence-corrected chi connectivity index (χ3v) is 5.45. The molecule has 6 heteroatoms. The fourth-order valence-corrected chi connectivity index (χ4v) is 3.80. The molecular formula is C21H25N3O3. The molecule has 0 amide bonds. The van der Waals surface area contributed by atoms with Crippen molar-refractivity contribution in [2.24, 2.45) is 0 Å². The Hall–Kier alpha value is -2.41. The highest BCUT2D eigenvalue weighted by Crippen LogP contribution is 2.36.